The molecule has 0 atom stereocenters. The van der Waals surface area contributed by atoms with Crippen LogP contribution >= 0.6 is 11.6 Å². The van der Waals surface area contributed by atoms with Gasteiger partial charge in [-0.1, -0.05) is 17.7 Å². The number of hydrogen-bond donors (Lipinski definition) is 0. The summed E-state index contributed by atoms with van der Waals surface area (Å²) in [6, 6.07) is 8.15. The van der Waals surface area contributed by atoms with E-state index in [9.17, 15) is 0 Å². The fourth-order valence-electron chi connectivity index (χ4n) is 3.04. The Balaban J connectivity index is 1.68. The number of rotatable bonds is 2. The quantitative estimate of drug-likeness (QED) is 0.716. The normalized spacial score (nSPS) is 15.4. The minimum atomic E-state index is 0.806. The number of halogens is 1. The van der Waals surface area contributed by atoms with E-state index >= 15 is 0 Å². The monoisotopic (exact) mass is 312 g/mol. The molecule has 0 bridgehead atoms. The van der Waals surface area contributed by atoms with Gasteiger partial charge >= 0.3 is 0 Å². The molecule has 4 rings (SSSR count). The molecule has 1 aromatic carbocycles. The number of nitrogens with zero attached hydrogens (tertiary/aromatic N) is 4. The summed E-state index contributed by atoms with van der Waals surface area (Å²) in [6.07, 6.45) is 9.41. The van der Waals surface area contributed by atoms with E-state index in [4.69, 9.17) is 11.6 Å². The van der Waals surface area contributed by atoms with Crippen LogP contribution in [0.25, 0.3) is 16.8 Å². The standard InChI is InChI=1S/C17H17ClN4/c18-15-10-13(4-5-16(15)21-8-2-1-3-9-21)14-11-19-17-6-7-20-22(17)12-14/h4-7,10-12H,1-3,8-9H2. The molecule has 1 aliphatic rings. The minimum absolute atomic E-state index is 0.806. The number of benzene rings is 1. The molecule has 0 saturated carbocycles. The van der Waals surface area contributed by atoms with Crippen molar-refractivity contribution in [3.63, 3.8) is 0 Å². The van der Waals surface area contributed by atoms with Crippen LogP contribution in [0.1, 0.15) is 19.3 Å². The van der Waals surface area contributed by atoms with Crippen molar-refractivity contribution in [1.29, 1.82) is 0 Å². The zero-order valence-corrected chi connectivity index (χ0v) is 13.0. The maximum atomic E-state index is 6.53. The summed E-state index contributed by atoms with van der Waals surface area (Å²) in [5, 5.41) is 5.04. The van der Waals surface area contributed by atoms with E-state index in [-0.39, 0.29) is 0 Å². The van der Waals surface area contributed by atoms with Crippen molar-refractivity contribution in [2.45, 2.75) is 19.3 Å². The molecule has 1 aliphatic heterocycles. The fourth-order valence-corrected chi connectivity index (χ4v) is 3.34. The molecule has 0 N–H and O–H groups in total. The van der Waals surface area contributed by atoms with Crippen LogP contribution in [0.5, 0.6) is 0 Å². The van der Waals surface area contributed by atoms with Crippen molar-refractivity contribution in [2.24, 2.45) is 0 Å². The molecule has 4 nitrogen and oxygen atoms in total. The van der Waals surface area contributed by atoms with Gasteiger partial charge in [-0.05, 0) is 37.0 Å². The predicted molar refractivity (Wildman–Crippen MR) is 89.5 cm³/mol. The van der Waals surface area contributed by atoms with Crippen LogP contribution in [0.3, 0.4) is 0 Å². The molecule has 1 saturated heterocycles. The first-order chi connectivity index (χ1) is 10.8. The van der Waals surface area contributed by atoms with Crippen LogP contribution in [0.4, 0.5) is 5.69 Å². The van der Waals surface area contributed by atoms with E-state index in [2.05, 4.69) is 27.1 Å². The molecule has 22 heavy (non-hydrogen) atoms. The highest BCUT2D eigenvalue weighted by molar-refractivity contribution is 6.33. The summed E-state index contributed by atoms with van der Waals surface area (Å²) < 4.78 is 1.78. The van der Waals surface area contributed by atoms with Crippen LogP contribution < -0.4 is 4.90 Å². The summed E-state index contributed by atoms with van der Waals surface area (Å²) in [6.45, 7) is 2.19. The fraction of sp³-hybridized carbons (Fsp3) is 0.294. The van der Waals surface area contributed by atoms with Gasteiger partial charge < -0.3 is 4.90 Å². The SMILES string of the molecule is Clc1cc(-c2cnc3ccnn3c2)ccc1N1CCCCC1. The molecule has 3 heterocycles. The van der Waals surface area contributed by atoms with Crippen LogP contribution in [0, 0.1) is 0 Å². The Bertz CT molecular complexity index is 805. The molecule has 0 spiro atoms. The number of hydrogen-bond acceptors (Lipinski definition) is 3. The molecular formula is C17H17ClN4. The lowest BCUT2D eigenvalue weighted by molar-refractivity contribution is 0.578. The Morgan fingerprint density at radius 1 is 1.00 bits per heavy atom. The molecule has 1 fully saturated rings. The van der Waals surface area contributed by atoms with Gasteiger partial charge in [0.2, 0.25) is 0 Å². The first-order valence-electron chi connectivity index (χ1n) is 7.65. The summed E-state index contributed by atoms with van der Waals surface area (Å²) in [5.41, 5.74) is 4.07. The van der Waals surface area contributed by atoms with Gasteiger partial charge in [0.05, 0.1) is 16.9 Å². The van der Waals surface area contributed by atoms with Crippen molar-refractivity contribution >= 4 is 22.9 Å². The molecule has 3 aromatic rings. The molecule has 0 aliphatic carbocycles. The lowest BCUT2D eigenvalue weighted by Crippen LogP contribution is -2.29. The predicted octanol–water partition coefficient (Wildman–Crippen LogP) is 4.04. The van der Waals surface area contributed by atoms with Crippen LogP contribution in [0.15, 0.2) is 42.9 Å². The van der Waals surface area contributed by atoms with Gasteiger partial charge in [0.25, 0.3) is 0 Å². The highest BCUT2D eigenvalue weighted by atomic mass is 35.5. The Kier molecular flexibility index (Phi) is 3.47. The first-order valence-corrected chi connectivity index (χ1v) is 8.03. The van der Waals surface area contributed by atoms with Crippen LogP contribution in [0.2, 0.25) is 5.02 Å². The molecule has 0 radical (unpaired) electrons. The summed E-state index contributed by atoms with van der Waals surface area (Å²) >= 11 is 6.53. The molecule has 0 amide bonds. The lowest BCUT2D eigenvalue weighted by Gasteiger charge is -2.29. The van der Waals surface area contributed by atoms with Gasteiger partial charge in [-0.3, -0.25) is 0 Å². The van der Waals surface area contributed by atoms with E-state index in [1.165, 1.54) is 19.3 Å². The second-order valence-electron chi connectivity index (χ2n) is 5.69. The van der Waals surface area contributed by atoms with Crippen molar-refractivity contribution in [3.8, 4) is 11.1 Å². The van der Waals surface area contributed by atoms with Crippen LogP contribution in [-0.4, -0.2) is 27.7 Å². The average molecular weight is 313 g/mol. The lowest BCUT2D eigenvalue weighted by atomic mass is 10.1. The van der Waals surface area contributed by atoms with Gasteiger partial charge in [-0.15, -0.1) is 0 Å². The van der Waals surface area contributed by atoms with E-state index < -0.39 is 0 Å². The van der Waals surface area contributed by atoms with Crippen molar-refractivity contribution in [2.75, 3.05) is 18.0 Å². The Labute approximate surface area is 134 Å². The van der Waals surface area contributed by atoms with E-state index in [1.807, 2.05) is 24.5 Å². The molecule has 112 valence electrons. The Hall–Kier alpha value is -2.07. The Morgan fingerprint density at radius 3 is 2.68 bits per heavy atom. The number of aromatic nitrogens is 3. The largest absolute Gasteiger partial charge is 0.370 e. The van der Waals surface area contributed by atoms with Gasteiger partial charge in [0.15, 0.2) is 5.65 Å². The average Bonchev–Trinajstić information content (AvgIpc) is 3.03. The molecule has 2 aromatic heterocycles. The van der Waals surface area contributed by atoms with Crippen molar-refractivity contribution < 1.29 is 0 Å². The third-order valence-corrected chi connectivity index (χ3v) is 4.53. The zero-order valence-electron chi connectivity index (χ0n) is 12.2. The number of fused-ring (bicyclic) bond motifs is 1. The van der Waals surface area contributed by atoms with Gasteiger partial charge in [0.1, 0.15) is 0 Å². The number of piperidine rings is 1. The summed E-state index contributed by atoms with van der Waals surface area (Å²) in [5.74, 6) is 0. The molecule has 5 heteroatoms. The van der Waals surface area contributed by atoms with Gasteiger partial charge in [-0.25, -0.2) is 9.50 Å². The van der Waals surface area contributed by atoms with Crippen LogP contribution in [-0.2, 0) is 0 Å². The highest BCUT2D eigenvalue weighted by Crippen LogP contribution is 2.32. The summed E-state index contributed by atoms with van der Waals surface area (Å²) in [7, 11) is 0. The third-order valence-electron chi connectivity index (χ3n) is 4.22. The molecular weight excluding hydrogens is 296 g/mol. The first kappa shape index (κ1) is 13.6. The van der Waals surface area contributed by atoms with E-state index in [0.29, 0.717) is 0 Å². The third kappa shape index (κ3) is 2.44. The maximum absolute atomic E-state index is 6.53. The van der Waals surface area contributed by atoms with Gasteiger partial charge in [-0.2, -0.15) is 5.10 Å². The highest BCUT2D eigenvalue weighted by Gasteiger charge is 2.14. The van der Waals surface area contributed by atoms with Crippen molar-refractivity contribution in [1.82, 2.24) is 14.6 Å². The minimum Gasteiger partial charge on any atom is -0.370 e. The van der Waals surface area contributed by atoms with Crippen molar-refractivity contribution in [3.05, 3.63) is 47.9 Å². The van der Waals surface area contributed by atoms with E-state index in [0.717, 1.165) is 40.6 Å². The van der Waals surface area contributed by atoms with E-state index in [1.54, 1.807) is 10.7 Å². The zero-order chi connectivity index (χ0) is 14.9. The molecule has 0 unspecified atom stereocenters. The summed E-state index contributed by atoms with van der Waals surface area (Å²) in [4.78, 5) is 6.79. The topological polar surface area (TPSA) is 33.4 Å². The second-order valence-corrected chi connectivity index (χ2v) is 6.10. The second kappa shape index (κ2) is 5.61. The maximum Gasteiger partial charge on any atom is 0.154 e. The number of anilines is 1. The smallest absolute Gasteiger partial charge is 0.154 e. The Morgan fingerprint density at radius 2 is 1.86 bits per heavy atom. The van der Waals surface area contributed by atoms with Gasteiger partial charge in [0, 0.05) is 37.1 Å².